The second-order valence-corrected chi connectivity index (χ2v) is 4.66. The van der Waals surface area contributed by atoms with Gasteiger partial charge < -0.3 is 9.47 Å². The fourth-order valence-electron chi connectivity index (χ4n) is 2.16. The van der Waals surface area contributed by atoms with Gasteiger partial charge in [-0.2, -0.15) is 0 Å². The summed E-state index contributed by atoms with van der Waals surface area (Å²) < 4.78 is 22.7. The van der Waals surface area contributed by atoms with Crippen LogP contribution >= 0.6 is 0 Å². The van der Waals surface area contributed by atoms with Crippen molar-refractivity contribution < 1.29 is 28.4 Å². The maximum Gasteiger partial charge on any atom is 0.321 e. The van der Waals surface area contributed by atoms with E-state index in [4.69, 9.17) is 9.47 Å². The lowest BCUT2D eigenvalue weighted by atomic mass is 9.85. The van der Waals surface area contributed by atoms with Crippen molar-refractivity contribution >= 4 is 11.9 Å². The van der Waals surface area contributed by atoms with Crippen LogP contribution in [0.5, 0.6) is 0 Å². The predicted molar refractivity (Wildman–Crippen MR) is 77.8 cm³/mol. The molecule has 0 radical (unpaired) electrons. The van der Waals surface area contributed by atoms with Crippen molar-refractivity contribution in [3.63, 3.8) is 0 Å². The Labute approximate surface area is 132 Å². The maximum atomic E-state index is 13.1. The minimum absolute atomic E-state index is 0.0172. The fraction of sp³-hybridized carbons (Fsp3) is 0.467. The Morgan fingerprint density at radius 2 is 1.61 bits per heavy atom. The molecular formula is C15H18FNO6. The lowest BCUT2D eigenvalue weighted by Gasteiger charge is -2.21. The van der Waals surface area contributed by atoms with Gasteiger partial charge >= 0.3 is 11.9 Å². The number of hydrogen-bond donors (Lipinski definition) is 0. The molecule has 0 saturated heterocycles. The van der Waals surface area contributed by atoms with Crippen molar-refractivity contribution in [1.82, 2.24) is 0 Å². The van der Waals surface area contributed by atoms with Crippen LogP contribution in [0.1, 0.15) is 25.3 Å². The quantitative estimate of drug-likeness (QED) is 0.313. The molecule has 0 N–H and O–H groups in total. The number of nitrogens with zero attached hydrogens (tertiary/aromatic N) is 1. The number of rotatable bonds is 8. The first-order valence-corrected chi connectivity index (χ1v) is 7.11. The predicted octanol–water partition coefficient (Wildman–Crippen LogP) is 1.93. The van der Waals surface area contributed by atoms with Gasteiger partial charge in [-0.15, -0.1) is 0 Å². The van der Waals surface area contributed by atoms with E-state index in [0.29, 0.717) is 0 Å². The molecule has 0 amide bonds. The highest BCUT2D eigenvalue weighted by molar-refractivity contribution is 5.96. The van der Waals surface area contributed by atoms with Crippen LogP contribution in [0.2, 0.25) is 0 Å². The van der Waals surface area contributed by atoms with Gasteiger partial charge in [0, 0.05) is 4.92 Å². The topological polar surface area (TPSA) is 95.7 Å². The third-order valence-corrected chi connectivity index (χ3v) is 3.13. The minimum atomic E-state index is -1.48. The molecule has 0 aliphatic carbocycles. The SMILES string of the molecule is CCOC(=O)C(C(=O)OCC)[C@H](C[N+](=O)[O-])c1ccc(F)cc1. The summed E-state index contributed by atoms with van der Waals surface area (Å²) >= 11 is 0. The molecule has 0 fully saturated rings. The van der Waals surface area contributed by atoms with Crippen LogP contribution in [0, 0.1) is 21.8 Å². The Morgan fingerprint density at radius 1 is 1.13 bits per heavy atom. The summed E-state index contributed by atoms with van der Waals surface area (Å²) in [5.41, 5.74) is 0.286. The highest BCUT2D eigenvalue weighted by Crippen LogP contribution is 2.28. The third kappa shape index (κ3) is 5.32. The van der Waals surface area contributed by atoms with Crippen molar-refractivity contribution in [3.05, 3.63) is 45.8 Å². The molecule has 7 nitrogen and oxygen atoms in total. The maximum absolute atomic E-state index is 13.1. The lowest BCUT2D eigenvalue weighted by molar-refractivity contribution is -0.484. The Balaban J connectivity index is 3.24. The molecular weight excluding hydrogens is 309 g/mol. The smallest absolute Gasteiger partial charge is 0.321 e. The van der Waals surface area contributed by atoms with Crippen LogP contribution in [0.25, 0.3) is 0 Å². The zero-order chi connectivity index (χ0) is 17.4. The van der Waals surface area contributed by atoms with Crippen LogP contribution in [0.4, 0.5) is 4.39 Å². The van der Waals surface area contributed by atoms with Gasteiger partial charge in [-0.05, 0) is 31.5 Å². The highest BCUT2D eigenvalue weighted by Gasteiger charge is 2.41. The van der Waals surface area contributed by atoms with E-state index in [1.807, 2.05) is 0 Å². The van der Waals surface area contributed by atoms with Crippen molar-refractivity contribution in [2.24, 2.45) is 5.92 Å². The van der Waals surface area contributed by atoms with E-state index in [9.17, 15) is 24.1 Å². The van der Waals surface area contributed by atoms with Crippen LogP contribution in [-0.4, -0.2) is 36.6 Å². The van der Waals surface area contributed by atoms with E-state index in [2.05, 4.69) is 0 Å². The monoisotopic (exact) mass is 327 g/mol. The molecule has 0 aromatic heterocycles. The number of carbonyl (C=O) groups is 2. The average Bonchev–Trinajstić information content (AvgIpc) is 2.47. The van der Waals surface area contributed by atoms with Gasteiger partial charge in [0.05, 0.1) is 19.1 Å². The molecule has 0 heterocycles. The number of carbonyl (C=O) groups excluding carboxylic acids is 2. The molecule has 1 rings (SSSR count). The number of halogens is 1. The summed E-state index contributed by atoms with van der Waals surface area (Å²) in [5.74, 6) is -4.92. The standard InChI is InChI=1S/C15H18FNO6/c1-3-22-14(18)13(15(19)23-4-2)12(9-17(20)21)10-5-7-11(16)8-6-10/h5-8,12-13H,3-4,9H2,1-2H3/t12-/m1/s1. The number of benzene rings is 1. The van der Waals surface area contributed by atoms with E-state index in [0.717, 1.165) is 12.1 Å². The number of ether oxygens (including phenoxy) is 2. The largest absolute Gasteiger partial charge is 0.465 e. The molecule has 0 aliphatic heterocycles. The molecule has 0 spiro atoms. The van der Waals surface area contributed by atoms with Gasteiger partial charge in [0.2, 0.25) is 6.54 Å². The van der Waals surface area contributed by atoms with E-state index < -0.39 is 41.1 Å². The van der Waals surface area contributed by atoms with Gasteiger partial charge in [-0.3, -0.25) is 19.7 Å². The summed E-state index contributed by atoms with van der Waals surface area (Å²) in [7, 11) is 0. The molecule has 0 unspecified atom stereocenters. The molecule has 0 saturated carbocycles. The van der Waals surface area contributed by atoms with E-state index >= 15 is 0 Å². The van der Waals surface area contributed by atoms with Gasteiger partial charge in [0.25, 0.3) is 0 Å². The molecule has 126 valence electrons. The molecule has 0 aliphatic rings. The van der Waals surface area contributed by atoms with Crippen molar-refractivity contribution in [2.45, 2.75) is 19.8 Å². The molecule has 0 bridgehead atoms. The van der Waals surface area contributed by atoms with Gasteiger partial charge in [-0.25, -0.2) is 4.39 Å². The van der Waals surface area contributed by atoms with Gasteiger partial charge in [-0.1, -0.05) is 12.1 Å². The molecule has 1 aromatic rings. The molecule has 23 heavy (non-hydrogen) atoms. The molecule has 8 heteroatoms. The van der Waals surface area contributed by atoms with E-state index in [1.54, 1.807) is 13.8 Å². The summed E-state index contributed by atoms with van der Waals surface area (Å²) in [6.07, 6.45) is 0. The summed E-state index contributed by atoms with van der Waals surface area (Å²) in [6.45, 7) is 2.46. The molecule has 1 atom stereocenters. The minimum Gasteiger partial charge on any atom is -0.465 e. The van der Waals surface area contributed by atoms with Crippen LogP contribution in [0.15, 0.2) is 24.3 Å². The zero-order valence-corrected chi connectivity index (χ0v) is 12.9. The Morgan fingerprint density at radius 3 is 2.00 bits per heavy atom. The summed E-state index contributed by atoms with van der Waals surface area (Å²) in [5, 5.41) is 10.9. The number of esters is 2. The van der Waals surface area contributed by atoms with Crippen molar-refractivity contribution in [1.29, 1.82) is 0 Å². The summed E-state index contributed by atoms with van der Waals surface area (Å²) in [4.78, 5) is 34.5. The fourth-order valence-corrected chi connectivity index (χ4v) is 2.16. The Kier molecular flexibility index (Phi) is 7.11. The highest BCUT2D eigenvalue weighted by atomic mass is 19.1. The third-order valence-electron chi connectivity index (χ3n) is 3.13. The van der Waals surface area contributed by atoms with Crippen LogP contribution in [0.3, 0.4) is 0 Å². The second kappa shape index (κ2) is 8.82. The van der Waals surface area contributed by atoms with Gasteiger partial charge in [0.15, 0.2) is 5.92 Å². The van der Waals surface area contributed by atoms with Crippen molar-refractivity contribution in [3.8, 4) is 0 Å². The second-order valence-electron chi connectivity index (χ2n) is 4.66. The normalized spacial score (nSPS) is 11.8. The van der Waals surface area contributed by atoms with Crippen LogP contribution in [-0.2, 0) is 19.1 Å². The van der Waals surface area contributed by atoms with Gasteiger partial charge in [0.1, 0.15) is 5.82 Å². The first-order chi connectivity index (χ1) is 10.9. The number of nitro groups is 1. The van der Waals surface area contributed by atoms with E-state index in [-0.39, 0.29) is 18.8 Å². The van der Waals surface area contributed by atoms with E-state index in [1.165, 1.54) is 12.1 Å². The zero-order valence-electron chi connectivity index (χ0n) is 12.9. The lowest BCUT2D eigenvalue weighted by Crippen LogP contribution is -2.36. The van der Waals surface area contributed by atoms with Crippen LogP contribution < -0.4 is 0 Å². The number of hydrogen-bond acceptors (Lipinski definition) is 6. The first-order valence-electron chi connectivity index (χ1n) is 7.11. The Bertz CT molecular complexity index is 542. The average molecular weight is 327 g/mol. The first kappa shape index (κ1) is 18.5. The summed E-state index contributed by atoms with van der Waals surface area (Å²) in [6, 6.07) is 4.81. The van der Waals surface area contributed by atoms with Crippen molar-refractivity contribution in [2.75, 3.05) is 19.8 Å². The Hall–Kier alpha value is -2.51. The molecule has 1 aromatic carbocycles.